The summed E-state index contributed by atoms with van der Waals surface area (Å²) in [7, 11) is 1.83. The van der Waals surface area contributed by atoms with Crippen LogP contribution in [0.25, 0.3) is 6.08 Å². The van der Waals surface area contributed by atoms with E-state index in [0.29, 0.717) is 5.70 Å². The molecule has 4 nitrogen and oxygen atoms in total. The number of ketones is 1. The zero-order valence-electron chi connectivity index (χ0n) is 18.5. The van der Waals surface area contributed by atoms with Gasteiger partial charge in [0.1, 0.15) is 5.70 Å². The molecule has 0 radical (unpaired) electrons. The number of hydrazone groups is 1. The summed E-state index contributed by atoms with van der Waals surface area (Å²) in [6.45, 7) is 12.2. The molecular weight excluding hydrogens is 346 g/mol. The molecule has 1 saturated heterocycles. The van der Waals surface area contributed by atoms with Gasteiger partial charge in [0.2, 0.25) is 0 Å². The number of nitrogens with zero attached hydrogens (tertiary/aromatic N) is 3. The Morgan fingerprint density at radius 1 is 1.29 bits per heavy atom. The fraction of sp³-hybridized carbons (Fsp3) is 0.583. The molecule has 1 fully saturated rings. The van der Waals surface area contributed by atoms with Gasteiger partial charge in [-0.05, 0) is 49.5 Å². The van der Waals surface area contributed by atoms with Crippen LogP contribution in [0.2, 0.25) is 0 Å². The number of hydrogen-bond donors (Lipinski definition) is 0. The van der Waals surface area contributed by atoms with Crippen LogP contribution >= 0.6 is 0 Å². The lowest BCUT2D eigenvalue weighted by Gasteiger charge is -2.33. The van der Waals surface area contributed by atoms with Crippen molar-refractivity contribution in [3.05, 3.63) is 35.5 Å². The minimum Gasteiger partial charge on any atom is -0.371 e. The zero-order chi connectivity index (χ0) is 20.7. The smallest absolute Gasteiger partial charge is 0.186 e. The van der Waals surface area contributed by atoms with Gasteiger partial charge in [-0.15, -0.1) is 0 Å². The second kappa shape index (κ2) is 9.90. The molecule has 0 aliphatic carbocycles. The summed E-state index contributed by atoms with van der Waals surface area (Å²) in [4.78, 5) is 15.5. The normalized spacial score (nSPS) is 16.6. The zero-order valence-corrected chi connectivity index (χ0v) is 18.5. The molecular formula is C24H37N3O. The molecule has 0 aromatic heterocycles. The standard InChI is InChI=1S/C24H37N3O/c1-7-10-19-13-15-27(16-14-19)21-12-9-11-20(17-21)18-22(26(6)25-8-2)23(28)24(3,4)5/h8-9,11-12,17-19H,7,10,13-16H2,1-6H3/b22-18-,25-8-. The molecule has 4 heteroatoms. The van der Waals surface area contributed by atoms with Crippen molar-refractivity contribution in [1.82, 2.24) is 5.01 Å². The molecule has 1 aliphatic heterocycles. The van der Waals surface area contributed by atoms with Crippen LogP contribution in [-0.2, 0) is 4.79 Å². The van der Waals surface area contributed by atoms with Gasteiger partial charge in [-0.2, -0.15) is 5.10 Å². The van der Waals surface area contributed by atoms with E-state index in [1.165, 1.54) is 31.4 Å². The SMILES string of the molecule is C/C=N\N(C)/C(=C\c1cccc(N2CCC(CCC)CC2)c1)C(=O)C(C)(C)C. The molecule has 154 valence electrons. The predicted octanol–water partition coefficient (Wildman–Crippen LogP) is 5.60. The van der Waals surface area contributed by atoms with Crippen molar-refractivity contribution in [1.29, 1.82) is 0 Å². The molecule has 0 N–H and O–H groups in total. The summed E-state index contributed by atoms with van der Waals surface area (Å²) < 4.78 is 0. The minimum atomic E-state index is -0.456. The van der Waals surface area contributed by atoms with E-state index in [2.05, 4.69) is 41.2 Å². The molecule has 0 unspecified atom stereocenters. The van der Waals surface area contributed by atoms with Gasteiger partial charge in [-0.25, -0.2) is 0 Å². The molecule has 0 atom stereocenters. The van der Waals surface area contributed by atoms with Crippen molar-refractivity contribution < 1.29 is 4.79 Å². The average Bonchev–Trinajstić information content (AvgIpc) is 2.66. The van der Waals surface area contributed by atoms with Crippen molar-refractivity contribution in [3.63, 3.8) is 0 Å². The molecule has 0 amide bonds. The first kappa shape index (κ1) is 22.2. The first-order valence-corrected chi connectivity index (χ1v) is 10.6. The maximum Gasteiger partial charge on any atom is 0.186 e. The summed E-state index contributed by atoms with van der Waals surface area (Å²) in [5.41, 5.74) is 2.44. The van der Waals surface area contributed by atoms with Gasteiger partial charge in [0.25, 0.3) is 0 Å². The third-order valence-electron chi connectivity index (χ3n) is 5.40. The molecule has 0 bridgehead atoms. The number of allylic oxidation sites excluding steroid dienone is 1. The van der Waals surface area contributed by atoms with Crippen molar-refractivity contribution in [2.24, 2.45) is 16.4 Å². The van der Waals surface area contributed by atoms with E-state index in [-0.39, 0.29) is 5.78 Å². The Morgan fingerprint density at radius 3 is 2.54 bits per heavy atom. The van der Waals surface area contributed by atoms with E-state index < -0.39 is 5.41 Å². The molecule has 28 heavy (non-hydrogen) atoms. The number of carbonyl (C=O) groups excluding carboxylic acids is 1. The highest BCUT2D eigenvalue weighted by atomic mass is 16.1. The fourth-order valence-electron chi connectivity index (χ4n) is 3.78. The number of rotatable bonds is 7. The van der Waals surface area contributed by atoms with Crippen molar-refractivity contribution in [2.45, 2.75) is 60.3 Å². The molecule has 2 rings (SSSR count). The Bertz CT molecular complexity index is 707. The number of Topliss-reactive ketones (excluding diaryl/α,β-unsaturated/α-hetero) is 1. The van der Waals surface area contributed by atoms with E-state index in [1.54, 1.807) is 11.2 Å². The van der Waals surface area contributed by atoms with E-state index in [9.17, 15) is 4.79 Å². The Morgan fingerprint density at radius 2 is 1.96 bits per heavy atom. The number of anilines is 1. The molecule has 1 aromatic rings. The number of likely N-dealkylation sites (N-methyl/N-ethyl adjacent to an activating group) is 1. The Hall–Kier alpha value is -2.10. The predicted molar refractivity (Wildman–Crippen MR) is 121 cm³/mol. The Balaban J connectivity index is 2.26. The van der Waals surface area contributed by atoms with E-state index in [0.717, 1.165) is 24.6 Å². The maximum atomic E-state index is 13.0. The highest BCUT2D eigenvalue weighted by Gasteiger charge is 2.27. The fourth-order valence-corrected chi connectivity index (χ4v) is 3.78. The molecule has 0 saturated carbocycles. The second-order valence-corrected chi connectivity index (χ2v) is 8.82. The average molecular weight is 384 g/mol. The Kier molecular flexibility index (Phi) is 7.85. The van der Waals surface area contributed by atoms with E-state index >= 15 is 0 Å². The van der Waals surface area contributed by atoms with Gasteiger partial charge in [-0.1, -0.05) is 52.7 Å². The second-order valence-electron chi connectivity index (χ2n) is 8.82. The number of piperidine rings is 1. The highest BCUT2D eigenvalue weighted by molar-refractivity contribution is 6.02. The van der Waals surface area contributed by atoms with Gasteiger partial charge >= 0.3 is 0 Å². The van der Waals surface area contributed by atoms with Crippen LogP contribution in [0.3, 0.4) is 0 Å². The third kappa shape index (κ3) is 5.95. The summed E-state index contributed by atoms with van der Waals surface area (Å²) in [6.07, 6.45) is 8.85. The number of benzene rings is 1. The van der Waals surface area contributed by atoms with Crippen LogP contribution in [0.1, 0.15) is 65.9 Å². The lowest BCUT2D eigenvalue weighted by atomic mass is 9.88. The quantitative estimate of drug-likeness (QED) is 0.349. The van der Waals surface area contributed by atoms with Gasteiger partial charge in [-0.3, -0.25) is 9.80 Å². The van der Waals surface area contributed by atoms with Gasteiger partial charge in [0, 0.05) is 37.5 Å². The third-order valence-corrected chi connectivity index (χ3v) is 5.40. The molecule has 1 aromatic carbocycles. The van der Waals surface area contributed by atoms with Crippen molar-refractivity contribution >= 4 is 23.8 Å². The molecule has 1 heterocycles. The first-order valence-electron chi connectivity index (χ1n) is 10.6. The summed E-state index contributed by atoms with van der Waals surface area (Å²) in [6, 6.07) is 8.52. The molecule has 1 aliphatic rings. The van der Waals surface area contributed by atoms with E-state index in [1.807, 2.05) is 40.8 Å². The maximum absolute atomic E-state index is 13.0. The van der Waals surface area contributed by atoms with Gasteiger partial charge < -0.3 is 4.90 Å². The van der Waals surface area contributed by atoms with Crippen molar-refractivity contribution in [3.8, 4) is 0 Å². The molecule has 0 spiro atoms. The van der Waals surface area contributed by atoms with Crippen LogP contribution in [0.4, 0.5) is 5.69 Å². The lowest BCUT2D eigenvalue weighted by Crippen LogP contribution is -2.33. The van der Waals surface area contributed by atoms with Gasteiger partial charge in [0.15, 0.2) is 5.78 Å². The summed E-state index contributed by atoms with van der Waals surface area (Å²) in [5.74, 6) is 0.965. The van der Waals surface area contributed by atoms with Crippen LogP contribution in [-0.4, -0.2) is 37.1 Å². The van der Waals surface area contributed by atoms with Crippen LogP contribution in [0, 0.1) is 11.3 Å². The van der Waals surface area contributed by atoms with Crippen LogP contribution in [0.15, 0.2) is 35.1 Å². The highest BCUT2D eigenvalue weighted by Crippen LogP contribution is 2.28. The van der Waals surface area contributed by atoms with Crippen LogP contribution < -0.4 is 4.90 Å². The largest absolute Gasteiger partial charge is 0.371 e. The number of hydrogen-bond acceptors (Lipinski definition) is 4. The van der Waals surface area contributed by atoms with Crippen LogP contribution in [0.5, 0.6) is 0 Å². The van der Waals surface area contributed by atoms with Crippen molar-refractivity contribution in [2.75, 3.05) is 25.0 Å². The first-order chi connectivity index (χ1) is 13.3. The Labute approximate surface area is 171 Å². The van der Waals surface area contributed by atoms with Gasteiger partial charge in [0.05, 0.1) is 0 Å². The lowest BCUT2D eigenvalue weighted by molar-refractivity contribution is -0.123. The summed E-state index contributed by atoms with van der Waals surface area (Å²) >= 11 is 0. The number of carbonyl (C=O) groups is 1. The summed E-state index contributed by atoms with van der Waals surface area (Å²) in [5, 5.41) is 5.98. The monoisotopic (exact) mass is 383 g/mol. The van der Waals surface area contributed by atoms with E-state index in [4.69, 9.17) is 0 Å². The topological polar surface area (TPSA) is 35.9 Å². The minimum absolute atomic E-state index is 0.0892.